The summed E-state index contributed by atoms with van der Waals surface area (Å²) in [6, 6.07) is 5.56. The van der Waals surface area contributed by atoms with Crippen LogP contribution < -0.4 is 4.90 Å². The molecule has 0 radical (unpaired) electrons. The molecule has 0 N–H and O–H groups in total. The fourth-order valence-corrected chi connectivity index (χ4v) is 6.15. The van der Waals surface area contributed by atoms with Crippen LogP contribution in [0, 0.1) is 17.2 Å². The number of aromatic nitrogens is 2. The maximum absolute atomic E-state index is 13.3. The van der Waals surface area contributed by atoms with Crippen LogP contribution in [0.25, 0.3) is 11.0 Å². The highest BCUT2D eigenvalue weighted by atomic mass is 28.3. The molecule has 2 aromatic rings. The first-order valence-electron chi connectivity index (χ1n) is 12.8. The fourth-order valence-electron chi connectivity index (χ4n) is 5.40. The van der Waals surface area contributed by atoms with Crippen LogP contribution in [0.4, 0.5) is 5.69 Å². The Morgan fingerprint density at radius 2 is 1.92 bits per heavy atom. The van der Waals surface area contributed by atoms with Gasteiger partial charge in [0.2, 0.25) is 0 Å². The number of pyridine rings is 1. The summed E-state index contributed by atoms with van der Waals surface area (Å²) in [6.07, 6.45) is 7.37. The number of rotatable bonds is 10. The minimum Gasteiger partial charge on any atom is -0.361 e. The molecule has 1 saturated carbocycles. The maximum Gasteiger partial charge on any atom is 0.259 e. The average Bonchev–Trinajstić information content (AvgIpc) is 3.27. The van der Waals surface area contributed by atoms with E-state index in [1.807, 2.05) is 16.8 Å². The van der Waals surface area contributed by atoms with Crippen molar-refractivity contribution < 1.29 is 19.0 Å². The van der Waals surface area contributed by atoms with Gasteiger partial charge in [0.15, 0.2) is 6.29 Å². The Kier molecular flexibility index (Phi) is 8.35. The number of anilines is 1. The third kappa shape index (κ3) is 5.59. The Bertz CT molecular complexity index is 1100. The van der Waals surface area contributed by atoms with Crippen LogP contribution in [-0.2, 0) is 20.9 Å². The SMILES string of the molecule is COC(OC)[C@H]1CC[C@H](N2CN(CC#N)C(=O)c3cnc4c(ccn4COCC[Si](C)(C)C)c32)CC1. The predicted octanol–water partition coefficient (Wildman–Crippen LogP) is 4.27. The van der Waals surface area contributed by atoms with Gasteiger partial charge in [0.25, 0.3) is 5.91 Å². The number of methoxy groups -OCH3 is 2. The molecule has 1 aliphatic heterocycles. The zero-order valence-corrected chi connectivity index (χ0v) is 23.2. The highest BCUT2D eigenvalue weighted by Crippen LogP contribution is 2.40. The van der Waals surface area contributed by atoms with Crippen molar-refractivity contribution in [2.45, 2.75) is 70.4 Å². The van der Waals surface area contributed by atoms with Gasteiger partial charge in [-0.1, -0.05) is 19.6 Å². The van der Waals surface area contributed by atoms with Crippen LogP contribution in [0.5, 0.6) is 0 Å². The molecule has 0 bridgehead atoms. The van der Waals surface area contributed by atoms with E-state index in [-0.39, 0.29) is 24.8 Å². The second-order valence-corrected chi connectivity index (χ2v) is 16.7. The predicted molar refractivity (Wildman–Crippen MR) is 141 cm³/mol. The van der Waals surface area contributed by atoms with Crippen LogP contribution in [0.2, 0.25) is 25.7 Å². The molecule has 9 nitrogen and oxygen atoms in total. The van der Waals surface area contributed by atoms with Crippen molar-refractivity contribution >= 4 is 30.7 Å². The van der Waals surface area contributed by atoms with Crippen molar-refractivity contribution in [2.24, 2.45) is 5.92 Å². The highest BCUT2D eigenvalue weighted by molar-refractivity contribution is 6.76. The third-order valence-corrected chi connectivity index (χ3v) is 9.11. The van der Waals surface area contributed by atoms with Gasteiger partial charge < -0.3 is 28.6 Å². The minimum atomic E-state index is -1.16. The number of ether oxygens (including phenoxy) is 3. The zero-order valence-electron chi connectivity index (χ0n) is 22.2. The lowest BCUT2D eigenvalue weighted by Crippen LogP contribution is -2.52. The molecule has 0 unspecified atom stereocenters. The van der Waals surface area contributed by atoms with Crippen LogP contribution in [0.1, 0.15) is 36.0 Å². The Balaban J connectivity index is 1.61. The van der Waals surface area contributed by atoms with Crippen molar-refractivity contribution in [3.05, 3.63) is 24.0 Å². The van der Waals surface area contributed by atoms with Crippen molar-refractivity contribution in [1.29, 1.82) is 5.26 Å². The smallest absolute Gasteiger partial charge is 0.259 e. The van der Waals surface area contributed by atoms with Gasteiger partial charge in [-0.3, -0.25) is 4.79 Å². The maximum atomic E-state index is 13.3. The van der Waals surface area contributed by atoms with Crippen molar-refractivity contribution in [1.82, 2.24) is 14.5 Å². The summed E-state index contributed by atoms with van der Waals surface area (Å²) in [4.78, 5) is 21.9. The van der Waals surface area contributed by atoms with E-state index in [0.717, 1.165) is 55.1 Å². The number of carbonyl (C=O) groups excluding carboxylic acids is 1. The molecule has 4 rings (SSSR count). The Morgan fingerprint density at radius 3 is 2.56 bits per heavy atom. The lowest BCUT2D eigenvalue weighted by atomic mass is 9.84. The van der Waals surface area contributed by atoms with Gasteiger partial charge in [0, 0.05) is 58.6 Å². The van der Waals surface area contributed by atoms with Gasteiger partial charge in [0.05, 0.1) is 24.0 Å². The number of nitrogens with zero attached hydrogens (tertiary/aromatic N) is 5. The summed E-state index contributed by atoms with van der Waals surface area (Å²) in [6.45, 7) is 8.67. The number of fused-ring (bicyclic) bond motifs is 3. The number of amides is 1. The number of nitriles is 1. The molecule has 10 heteroatoms. The molecule has 2 aromatic heterocycles. The molecule has 1 amide bonds. The second kappa shape index (κ2) is 11.3. The van der Waals surface area contributed by atoms with Gasteiger partial charge in [-0.25, -0.2) is 4.98 Å². The molecule has 36 heavy (non-hydrogen) atoms. The van der Waals surface area contributed by atoms with Gasteiger partial charge in [-0.05, 0) is 37.8 Å². The van der Waals surface area contributed by atoms with E-state index in [0.29, 0.717) is 24.9 Å². The molecule has 0 atom stereocenters. The Hall–Kier alpha value is -2.45. The van der Waals surface area contributed by atoms with Crippen LogP contribution >= 0.6 is 0 Å². The third-order valence-electron chi connectivity index (χ3n) is 7.41. The Morgan fingerprint density at radius 1 is 1.19 bits per heavy atom. The largest absolute Gasteiger partial charge is 0.361 e. The lowest BCUT2D eigenvalue weighted by molar-refractivity contribution is -0.144. The first kappa shape index (κ1) is 26.6. The van der Waals surface area contributed by atoms with E-state index >= 15 is 0 Å². The molecule has 2 aliphatic rings. The van der Waals surface area contributed by atoms with Crippen LogP contribution in [0.3, 0.4) is 0 Å². The van der Waals surface area contributed by atoms with Gasteiger partial charge in [-0.15, -0.1) is 0 Å². The standard InChI is InChI=1S/C26H39N5O4Si/c1-33-26(34-2)19-6-8-20(9-7-19)31-17-29(13-11-27)25(32)22-16-28-24-21(23(22)31)10-12-30(24)18-35-14-15-36(3,4)5/h10,12,16,19-20,26H,6-9,13-15,17-18H2,1-5H3/t19-,20-. The molecular formula is C26H39N5O4Si. The molecule has 0 saturated heterocycles. The number of carbonyl (C=O) groups is 1. The van der Waals surface area contributed by atoms with Gasteiger partial charge in [-0.2, -0.15) is 5.26 Å². The van der Waals surface area contributed by atoms with E-state index < -0.39 is 8.07 Å². The Labute approximate surface area is 214 Å². The number of hydrogen-bond acceptors (Lipinski definition) is 7. The van der Waals surface area contributed by atoms with Gasteiger partial charge >= 0.3 is 0 Å². The second-order valence-electron chi connectivity index (χ2n) is 11.1. The summed E-state index contributed by atoms with van der Waals surface area (Å²) in [5, 5.41) is 10.3. The first-order chi connectivity index (χ1) is 17.3. The summed E-state index contributed by atoms with van der Waals surface area (Å²) in [7, 11) is 2.22. The normalized spacial score (nSPS) is 20.8. The summed E-state index contributed by atoms with van der Waals surface area (Å²) < 4.78 is 19.0. The molecule has 1 fully saturated rings. The van der Waals surface area contributed by atoms with E-state index in [1.54, 1.807) is 25.3 Å². The average molecular weight is 514 g/mol. The molecule has 0 spiro atoms. The topological polar surface area (TPSA) is 92.9 Å². The van der Waals surface area contributed by atoms with Crippen LogP contribution in [-0.4, -0.2) is 74.8 Å². The van der Waals surface area contributed by atoms with Crippen molar-refractivity contribution in [3.63, 3.8) is 0 Å². The fraction of sp³-hybridized carbons (Fsp3) is 0.654. The quantitative estimate of drug-likeness (QED) is 0.203. The van der Waals surface area contributed by atoms with Crippen molar-refractivity contribution in [2.75, 3.05) is 38.9 Å². The van der Waals surface area contributed by atoms with Crippen LogP contribution in [0.15, 0.2) is 18.5 Å². The lowest BCUT2D eigenvalue weighted by Gasteiger charge is -2.44. The molecule has 1 aliphatic carbocycles. The zero-order chi connectivity index (χ0) is 25.9. The molecule has 3 heterocycles. The first-order valence-corrected chi connectivity index (χ1v) is 16.5. The van der Waals surface area contributed by atoms with E-state index in [4.69, 9.17) is 14.2 Å². The van der Waals surface area contributed by atoms with E-state index in [9.17, 15) is 10.1 Å². The summed E-state index contributed by atoms with van der Waals surface area (Å²) in [5.41, 5.74) is 2.31. The highest BCUT2D eigenvalue weighted by Gasteiger charge is 2.38. The summed E-state index contributed by atoms with van der Waals surface area (Å²) >= 11 is 0. The van der Waals surface area contributed by atoms with E-state index in [2.05, 4.69) is 35.6 Å². The molecular weight excluding hydrogens is 474 g/mol. The monoisotopic (exact) mass is 513 g/mol. The summed E-state index contributed by atoms with van der Waals surface area (Å²) in [5.74, 6) is 0.216. The van der Waals surface area contributed by atoms with Gasteiger partial charge in [0.1, 0.15) is 18.9 Å². The minimum absolute atomic E-state index is 0.0590. The van der Waals surface area contributed by atoms with Crippen molar-refractivity contribution in [3.8, 4) is 6.07 Å². The van der Waals surface area contributed by atoms with E-state index in [1.165, 1.54) is 0 Å². The molecule has 0 aromatic carbocycles. The molecule has 196 valence electrons. The number of hydrogen-bond donors (Lipinski definition) is 0.